The molecule has 0 heterocycles. The quantitative estimate of drug-likeness (QED) is 0.755. The van der Waals surface area contributed by atoms with Gasteiger partial charge in [-0.15, -0.1) is 0 Å². The molecule has 0 aliphatic rings. The van der Waals surface area contributed by atoms with Crippen LogP contribution in [-0.2, 0) is 15.2 Å². The van der Waals surface area contributed by atoms with Gasteiger partial charge in [0.15, 0.2) is 5.60 Å². The van der Waals surface area contributed by atoms with E-state index in [1.807, 2.05) is 26.0 Å². The van der Waals surface area contributed by atoms with Gasteiger partial charge in [-0.2, -0.15) is 0 Å². The Balaban J connectivity index is 2.54. The van der Waals surface area contributed by atoms with Gasteiger partial charge in [-0.3, -0.25) is 20.4 Å². The Morgan fingerprint density at radius 3 is 1.78 bits per heavy atom. The molecule has 0 spiro atoms. The lowest BCUT2D eigenvalue weighted by atomic mass is 9.84. The molecule has 0 aromatic heterocycles. The van der Waals surface area contributed by atoms with Crippen molar-refractivity contribution in [2.75, 3.05) is 0 Å². The van der Waals surface area contributed by atoms with Gasteiger partial charge in [0, 0.05) is 6.92 Å². The first kappa shape index (κ1) is 16.7. The van der Waals surface area contributed by atoms with Crippen LogP contribution in [0.15, 0.2) is 48.5 Å². The Bertz CT molecular complexity index is 695. The largest absolute Gasteiger partial charge is 0.372 e. The molecule has 5 nitrogen and oxygen atoms in total. The summed E-state index contributed by atoms with van der Waals surface area (Å²) in [6.45, 7) is 5.04. The third-order valence-corrected chi connectivity index (χ3v) is 3.55. The van der Waals surface area contributed by atoms with Crippen molar-refractivity contribution in [1.29, 1.82) is 0 Å². The Morgan fingerprint density at radius 1 is 0.913 bits per heavy atom. The lowest BCUT2D eigenvalue weighted by molar-refractivity contribution is -0.140. The number of rotatable bonds is 3. The first-order valence-corrected chi connectivity index (χ1v) is 7.27. The number of amides is 2. The molecule has 0 fully saturated rings. The highest BCUT2D eigenvalue weighted by Gasteiger charge is 2.40. The van der Waals surface area contributed by atoms with Crippen LogP contribution in [-0.4, -0.2) is 16.9 Å². The molecule has 0 radical (unpaired) electrons. The highest BCUT2D eigenvalue weighted by Crippen LogP contribution is 2.31. The number of hydrazine groups is 1. The SMILES string of the molecule is CC(=O)NNC(=O)C(O)(c1cccc(C)c1)c1cccc(C)c1. The van der Waals surface area contributed by atoms with Gasteiger partial charge in [-0.1, -0.05) is 59.7 Å². The van der Waals surface area contributed by atoms with Crippen LogP contribution in [0.5, 0.6) is 0 Å². The van der Waals surface area contributed by atoms with Crippen molar-refractivity contribution in [2.45, 2.75) is 26.4 Å². The summed E-state index contributed by atoms with van der Waals surface area (Å²) in [6, 6.07) is 14.2. The molecule has 5 heteroatoms. The topological polar surface area (TPSA) is 78.4 Å². The molecule has 0 aliphatic heterocycles. The van der Waals surface area contributed by atoms with Crippen molar-refractivity contribution in [2.24, 2.45) is 0 Å². The minimum atomic E-state index is -1.90. The zero-order valence-corrected chi connectivity index (χ0v) is 13.4. The molecule has 0 unspecified atom stereocenters. The summed E-state index contributed by atoms with van der Waals surface area (Å²) < 4.78 is 0. The summed E-state index contributed by atoms with van der Waals surface area (Å²) in [5.41, 5.74) is 5.30. The van der Waals surface area contributed by atoms with Gasteiger partial charge in [-0.25, -0.2) is 0 Å². The Kier molecular flexibility index (Phi) is 4.81. The molecular weight excluding hydrogens is 292 g/mol. The molecule has 0 atom stereocenters. The number of carbonyl (C=O) groups excluding carboxylic acids is 2. The van der Waals surface area contributed by atoms with Crippen molar-refractivity contribution in [3.63, 3.8) is 0 Å². The maximum atomic E-state index is 12.6. The molecule has 2 aromatic carbocycles. The third kappa shape index (κ3) is 3.57. The highest BCUT2D eigenvalue weighted by molar-refractivity contribution is 5.91. The van der Waals surface area contributed by atoms with Gasteiger partial charge in [0.2, 0.25) is 5.91 Å². The van der Waals surface area contributed by atoms with Crippen LogP contribution in [0.4, 0.5) is 0 Å². The Hall–Kier alpha value is -2.66. The predicted molar refractivity (Wildman–Crippen MR) is 87.3 cm³/mol. The van der Waals surface area contributed by atoms with Crippen LogP contribution < -0.4 is 10.9 Å². The average molecular weight is 312 g/mol. The second-order valence-electron chi connectivity index (χ2n) is 5.58. The van der Waals surface area contributed by atoms with E-state index in [2.05, 4.69) is 10.9 Å². The zero-order chi connectivity index (χ0) is 17.0. The van der Waals surface area contributed by atoms with Gasteiger partial charge in [0.05, 0.1) is 0 Å². The van der Waals surface area contributed by atoms with E-state index in [0.717, 1.165) is 11.1 Å². The van der Waals surface area contributed by atoms with E-state index in [9.17, 15) is 14.7 Å². The first-order chi connectivity index (χ1) is 10.8. The minimum absolute atomic E-state index is 0.422. The van der Waals surface area contributed by atoms with Crippen LogP contribution in [0.25, 0.3) is 0 Å². The van der Waals surface area contributed by atoms with Gasteiger partial charge in [0.25, 0.3) is 5.91 Å². The zero-order valence-electron chi connectivity index (χ0n) is 13.4. The fraction of sp³-hybridized carbons (Fsp3) is 0.222. The lowest BCUT2D eigenvalue weighted by Gasteiger charge is -2.28. The Labute approximate surface area is 135 Å². The number of hydrogen-bond acceptors (Lipinski definition) is 3. The predicted octanol–water partition coefficient (Wildman–Crippen LogP) is 1.71. The van der Waals surface area contributed by atoms with E-state index in [4.69, 9.17) is 0 Å². The van der Waals surface area contributed by atoms with Crippen molar-refractivity contribution in [1.82, 2.24) is 10.9 Å². The van der Waals surface area contributed by atoms with Gasteiger partial charge in [0.1, 0.15) is 0 Å². The van der Waals surface area contributed by atoms with Crippen molar-refractivity contribution in [3.05, 3.63) is 70.8 Å². The van der Waals surface area contributed by atoms with Gasteiger partial charge in [-0.05, 0) is 25.0 Å². The molecule has 2 amide bonds. The number of carbonyl (C=O) groups is 2. The van der Waals surface area contributed by atoms with Crippen LogP contribution in [0.3, 0.4) is 0 Å². The maximum Gasteiger partial charge on any atom is 0.279 e. The smallest absolute Gasteiger partial charge is 0.279 e. The van der Waals surface area contributed by atoms with Crippen LogP contribution in [0, 0.1) is 13.8 Å². The fourth-order valence-corrected chi connectivity index (χ4v) is 2.40. The average Bonchev–Trinajstić information content (AvgIpc) is 2.51. The number of benzene rings is 2. The summed E-state index contributed by atoms with van der Waals surface area (Å²) in [7, 11) is 0. The third-order valence-electron chi connectivity index (χ3n) is 3.55. The number of nitrogens with one attached hydrogen (secondary N) is 2. The number of aryl methyl sites for hydroxylation is 2. The summed E-state index contributed by atoms with van der Waals surface area (Å²) in [6.07, 6.45) is 0. The van der Waals surface area contributed by atoms with Crippen LogP contribution in [0.2, 0.25) is 0 Å². The fourth-order valence-electron chi connectivity index (χ4n) is 2.40. The van der Waals surface area contributed by atoms with E-state index in [-0.39, 0.29) is 0 Å². The summed E-state index contributed by atoms with van der Waals surface area (Å²) >= 11 is 0. The van der Waals surface area contributed by atoms with E-state index >= 15 is 0 Å². The molecule has 0 bridgehead atoms. The van der Waals surface area contributed by atoms with E-state index in [1.165, 1.54) is 6.92 Å². The molecule has 2 aromatic rings. The molecule has 0 saturated carbocycles. The minimum Gasteiger partial charge on any atom is -0.372 e. The van der Waals surface area contributed by atoms with E-state index in [1.54, 1.807) is 36.4 Å². The van der Waals surface area contributed by atoms with Crippen LogP contribution >= 0.6 is 0 Å². The summed E-state index contributed by atoms with van der Waals surface area (Å²) in [5, 5.41) is 11.2. The molecular formula is C18H20N2O3. The van der Waals surface area contributed by atoms with Crippen molar-refractivity contribution in [3.8, 4) is 0 Å². The molecule has 120 valence electrons. The van der Waals surface area contributed by atoms with Crippen LogP contribution in [0.1, 0.15) is 29.2 Å². The molecule has 23 heavy (non-hydrogen) atoms. The monoisotopic (exact) mass is 312 g/mol. The van der Waals surface area contributed by atoms with Gasteiger partial charge < -0.3 is 5.11 Å². The standard InChI is InChI=1S/C18H20N2O3/c1-12-6-4-8-15(10-12)18(23,17(22)20-19-14(3)21)16-9-5-7-13(2)11-16/h4-11,23H,1-3H3,(H,19,21)(H,20,22). The molecule has 0 saturated heterocycles. The highest BCUT2D eigenvalue weighted by atomic mass is 16.3. The molecule has 0 aliphatic carbocycles. The second kappa shape index (κ2) is 6.62. The maximum absolute atomic E-state index is 12.6. The number of aliphatic hydroxyl groups is 1. The first-order valence-electron chi connectivity index (χ1n) is 7.27. The number of hydrogen-bond donors (Lipinski definition) is 3. The van der Waals surface area contributed by atoms with Gasteiger partial charge >= 0.3 is 0 Å². The van der Waals surface area contributed by atoms with E-state index < -0.39 is 17.4 Å². The van der Waals surface area contributed by atoms with Crippen molar-refractivity contribution < 1.29 is 14.7 Å². The molecule has 3 N–H and O–H groups in total. The summed E-state index contributed by atoms with van der Waals surface area (Å²) in [4.78, 5) is 23.7. The Morgan fingerprint density at radius 2 is 1.39 bits per heavy atom. The van der Waals surface area contributed by atoms with E-state index in [0.29, 0.717) is 11.1 Å². The summed E-state index contributed by atoms with van der Waals surface area (Å²) in [5.74, 6) is -1.14. The normalized spacial score (nSPS) is 11.0. The van der Waals surface area contributed by atoms with Crippen molar-refractivity contribution >= 4 is 11.8 Å². The molecule has 2 rings (SSSR count). The lowest BCUT2D eigenvalue weighted by Crippen LogP contribution is -2.51. The second-order valence-corrected chi connectivity index (χ2v) is 5.58.